The Morgan fingerprint density at radius 1 is 1.17 bits per heavy atom. The Morgan fingerprint density at radius 2 is 1.88 bits per heavy atom. The predicted molar refractivity (Wildman–Crippen MR) is 97.8 cm³/mol. The number of aryl methyl sites for hydroxylation is 1. The molecule has 1 aliphatic carbocycles. The lowest BCUT2D eigenvalue weighted by Gasteiger charge is -2.10. The first kappa shape index (κ1) is 17.4. The molecule has 0 atom stereocenters. The molecule has 0 unspecified atom stereocenters. The van der Waals surface area contributed by atoms with Crippen LogP contribution in [0.1, 0.15) is 30.0 Å². The van der Waals surface area contributed by atoms with Crippen molar-refractivity contribution in [2.75, 3.05) is 5.32 Å². The molecule has 0 bridgehead atoms. The molecule has 0 radical (unpaired) electrons. The second-order valence-electron chi connectivity index (χ2n) is 5.38. The summed E-state index contributed by atoms with van der Waals surface area (Å²) >= 11 is 0. The van der Waals surface area contributed by atoms with Gasteiger partial charge in [0.1, 0.15) is 12.6 Å². The van der Waals surface area contributed by atoms with Gasteiger partial charge in [0, 0.05) is 23.9 Å². The Labute approximate surface area is 142 Å². The van der Waals surface area contributed by atoms with Crippen molar-refractivity contribution in [3.8, 4) is 0 Å². The summed E-state index contributed by atoms with van der Waals surface area (Å²) in [7, 11) is 0. The maximum Gasteiger partial charge on any atom is 0.157 e. The van der Waals surface area contributed by atoms with E-state index in [1.54, 1.807) is 0 Å². The van der Waals surface area contributed by atoms with Crippen LogP contribution >= 0.6 is 0 Å². The van der Waals surface area contributed by atoms with Crippen LogP contribution in [-0.4, -0.2) is 21.4 Å². The standard InChI is InChI=1S/C16H16N4.C2H4.CH2O/c1-11-4-2-3-5-13(11)18-15-8-9-17-16-10-14(12-6-7-12)19-20(15)16;2*1-2/h2-5,8-10,12,18H,6-7H2,1H3;1-2H2;1H2. The summed E-state index contributed by atoms with van der Waals surface area (Å²) in [5.74, 6) is 1.60. The Morgan fingerprint density at radius 3 is 2.54 bits per heavy atom. The van der Waals surface area contributed by atoms with Crippen molar-refractivity contribution in [3.63, 3.8) is 0 Å². The predicted octanol–water partition coefficient (Wildman–Crippen LogP) is 4.28. The van der Waals surface area contributed by atoms with Gasteiger partial charge in [-0.05, 0) is 37.5 Å². The van der Waals surface area contributed by atoms with Crippen LogP contribution in [0.25, 0.3) is 5.65 Å². The van der Waals surface area contributed by atoms with Gasteiger partial charge in [-0.25, -0.2) is 4.98 Å². The van der Waals surface area contributed by atoms with Gasteiger partial charge in [0.25, 0.3) is 0 Å². The van der Waals surface area contributed by atoms with E-state index in [4.69, 9.17) is 9.89 Å². The van der Waals surface area contributed by atoms with Crippen molar-refractivity contribution in [3.05, 3.63) is 67.0 Å². The second kappa shape index (κ2) is 8.06. The topological polar surface area (TPSA) is 59.3 Å². The van der Waals surface area contributed by atoms with E-state index < -0.39 is 0 Å². The summed E-state index contributed by atoms with van der Waals surface area (Å²) in [5, 5.41) is 8.14. The van der Waals surface area contributed by atoms with Crippen molar-refractivity contribution < 1.29 is 4.79 Å². The fourth-order valence-corrected chi connectivity index (χ4v) is 2.44. The number of aromatic nitrogens is 3. The van der Waals surface area contributed by atoms with Crippen LogP contribution in [-0.2, 0) is 4.79 Å². The van der Waals surface area contributed by atoms with E-state index >= 15 is 0 Å². The third-order valence-corrected chi connectivity index (χ3v) is 3.78. The number of rotatable bonds is 3. The second-order valence-corrected chi connectivity index (χ2v) is 5.38. The zero-order valence-electron chi connectivity index (χ0n) is 13.9. The van der Waals surface area contributed by atoms with E-state index in [1.165, 1.54) is 18.4 Å². The van der Waals surface area contributed by atoms with Crippen LogP contribution in [0.2, 0.25) is 0 Å². The Balaban J connectivity index is 0.000000487. The number of hydrogen-bond acceptors (Lipinski definition) is 4. The molecule has 124 valence electrons. The molecule has 1 fully saturated rings. The van der Waals surface area contributed by atoms with Gasteiger partial charge in [0.15, 0.2) is 5.65 Å². The highest BCUT2D eigenvalue weighted by molar-refractivity contribution is 5.62. The third kappa shape index (κ3) is 3.68. The number of carbonyl (C=O) groups excluding carboxylic acids is 1. The van der Waals surface area contributed by atoms with E-state index in [2.05, 4.69) is 48.6 Å². The molecule has 5 heteroatoms. The molecule has 1 aliphatic rings. The van der Waals surface area contributed by atoms with Gasteiger partial charge in [-0.3, -0.25) is 0 Å². The molecule has 5 nitrogen and oxygen atoms in total. The van der Waals surface area contributed by atoms with Gasteiger partial charge in [-0.15, -0.1) is 13.2 Å². The molecule has 3 aromatic rings. The molecule has 24 heavy (non-hydrogen) atoms. The molecule has 0 aliphatic heterocycles. The van der Waals surface area contributed by atoms with Crippen molar-refractivity contribution in [2.45, 2.75) is 25.7 Å². The zero-order chi connectivity index (χ0) is 17.5. The van der Waals surface area contributed by atoms with Crippen molar-refractivity contribution >= 4 is 23.9 Å². The number of hydrogen-bond donors (Lipinski definition) is 1. The Kier molecular flexibility index (Phi) is 5.84. The van der Waals surface area contributed by atoms with Gasteiger partial charge >= 0.3 is 0 Å². The number of anilines is 2. The average Bonchev–Trinajstić information content (AvgIpc) is 3.40. The van der Waals surface area contributed by atoms with Gasteiger partial charge in [0.2, 0.25) is 0 Å². The summed E-state index contributed by atoms with van der Waals surface area (Å²) < 4.78 is 1.90. The van der Waals surface area contributed by atoms with Crippen LogP contribution in [0.3, 0.4) is 0 Å². The van der Waals surface area contributed by atoms with E-state index in [1.807, 2.05) is 35.7 Å². The minimum absolute atomic E-state index is 0.642. The molecule has 1 saturated carbocycles. The summed E-state index contributed by atoms with van der Waals surface area (Å²) in [6.45, 7) is 10.1. The van der Waals surface area contributed by atoms with Crippen LogP contribution in [0, 0.1) is 6.92 Å². The number of benzene rings is 1. The van der Waals surface area contributed by atoms with Crippen LogP contribution < -0.4 is 5.32 Å². The lowest BCUT2D eigenvalue weighted by Crippen LogP contribution is -2.01. The number of para-hydroxylation sites is 1. The first-order valence-electron chi connectivity index (χ1n) is 7.77. The van der Waals surface area contributed by atoms with Gasteiger partial charge in [0.05, 0.1) is 5.69 Å². The number of nitrogens with one attached hydrogen (secondary N) is 1. The van der Waals surface area contributed by atoms with Crippen LogP contribution in [0.15, 0.2) is 55.8 Å². The van der Waals surface area contributed by atoms with Gasteiger partial charge in [-0.2, -0.15) is 9.61 Å². The van der Waals surface area contributed by atoms with E-state index in [9.17, 15) is 0 Å². The van der Waals surface area contributed by atoms with Crippen molar-refractivity contribution in [1.29, 1.82) is 0 Å². The summed E-state index contributed by atoms with van der Waals surface area (Å²) in [6.07, 6.45) is 4.34. The Bertz CT molecular complexity index is 806. The van der Waals surface area contributed by atoms with Crippen LogP contribution in [0.5, 0.6) is 0 Å². The molecule has 2 heterocycles. The highest BCUT2D eigenvalue weighted by atomic mass is 16.1. The third-order valence-electron chi connectivity index (χ3n) is 3.78. The lowest BCUT2D eigenvalue weighted by molar-refractivity contribution is -0.0979. The smallest absolute Gasteiger partial charge is 0.157 e. The molecule has 0 amide bonds. The highest BCUT2D eigenvalue weighted by Crippen LogP contribution is 2.39. The monoisotopic (exact) mass is 322 g/mol. The van der Waals surface area contributed by atoms with Crippen molar-refractivity contribution in [1.82, 2.24) is 14.6 Å². The van der Waals surface area contributed by atoms with Crippen LogP contribution in [0.4, 0.5) is 11.5 Å². The maximum absolute atomic E-state index is 8.00. The summed E-state index contributed by atoms with van der Waals surface area (Å²) in [4.78, 5) is 12.4. The molecule has 0 spiro atoms. The summed E-state index contributed by atoms with van der Waals surface area (Å²) in [6, 6.07) is 12.3. The quantitative estimate of drug-likeness (QED) is 0.731. The molecule has 1 N–H and O–H groups in total. The normalized spacial score (nSPS) is 12.5. The SMILES string of the molecule is C=C.C=O.Cc1ccccc1Nc1ccnc2cc(C3CC3)nn12. The molecule has 0 saturated heterocycles. The fourth-order valence-electron chi connectivity index (χ4n) is 2.44. The Hall–Kier alpha value is -2.95. The minimum Gasteiger partial charge on any atom is -0.340 e. The van der Waals surface area contributed by atoms with Crippen molar-refractivity contribution in [2.24, 2.45) is 0 Å². The van der Waals surface area contributed by atoms with E-state index in [0.29, 0.717) is 5.92 Å². The summed E-state index contributed by atoms with van der Waals surface area (Å²) in [5.41, 5.74) is 4.39. The number of carbonyl (C=O) groups is 1. The van der Waals surface area contributed by atoms with Gasteiger partial charge in [-0.1, -0.05) is 18.2 Å². The first-order chi connectivity index (χ1) is 11.8. The van der Waals surface area contributed by atoms with E-state index in [-0.39, 0.29) is 0 Å². The molecule has 1 aromatic carbocycles. The number of nitrogens with zero attached hydrogens (tertiary/aromatic N) is 3. The largest absolute Gasteiger partial charge is 0.340 e. The lowest BCUT2D eigenvalue weighted by atomic mass is 10.2. The molecule has 4 rings (SSSR count). The van der Waals surface area contributed by atoms with Gasteiger partial charge < -0.3 is 10.1 Å². The highest BCUT2D eigenvalue weighted by Gasteiger charge is 2.26. The average molecular weight is 322 g/mol. The molecule has 2 aromatic heterocycles. The number of fused-ring (bicyclic) bond motifs is 1. The molecular formula is C19H22N4O. The first-order valence-corrected chi connectivity index (χ1v) is 7.77. The minimum atomic E-state index is 0.642. The van der Waals surface area contributed by atoms with E-state index in [0.717, 1.165) is 22.8 Å². The zero-order valence-corrected chi connectivity index (χ0v) is 13.9. The molecular weight excluding hydrogens is 300 g/mol. The fraction of sp³-hybridized carbons (Fsp3) is 0.211. The maximum atomic E-state index is 8.00.